The fourth-order valence-corrected chi connectivity index (χ4v) is 3.30. The van der Waals surface area contributed by atoms with Crippen molar-refractivity contribution in [3.05, 3.63) is 66.6 Å². The number of fused-ring (bicyclic) bond motifs is 1. The fraction of sp³-hybridized carbons (Fsp3) is 0.217. The highest BCUT2D eigenvalue weighted by molar-refractivity contribution is 5.89. The first-order chi connectivity index (χ1) is 14.7. The number of benzene rings is 1. The third-order valence-electron chi connectivity index (χ3n) is 4.78. The molecule has 0 unspecified atom stereocenters. The Labute approximate surface area is 198 Å². The predicted molar refractivity (Wildman–Crippen MR) is 130 cm³/mol. The van der Waals surface area contributed by atoms with Gasteiger partial charge in [-0.05, 0) is 50.2 Å². The van der Waals surface area contributed by atoms with Gasteiger partial charge in [-0.15, -0.1) is 24.8 Å². The average Bonchev–Trinajstić information content (AvgIpc) is 3.22. The molecular formula is C23H25Cl2N5O2. The van der Waals surface area contributed by atoms with Crippen LogP contribution in [0.2, 0.25) is 0 Å². The number of esters is 1. The molecule has 3 aromatic heterocycles. The lowest BCUT2D eigenvalue weighted by Crippen LogP contribution is -2.15. The van der Waals surface area contributed by atoms with E-state index in [1.165, 1.54) is 0 Å². The Morgan fingerprint density at radius 3 is 2.62 bits per heavy atom. The highest BCUT2D eigenvalue weighted by Crippen LogP contribution is 2.26. The smallest absolute Gasteiger partial charge is 0.356 e. The van der Waals surface area contributed by atoms with Crippen LogP contribution in [0, 0.1) is 0 Å². The average molecular weight is 474 g/mol. The van der Waals surface area contributed by atoms with Gasteiger partial charge in [0.05, 0.1) is 23.5 Å². The van der Waals surface area contributed by atoms with Crippen LogP contribution in [0.15, 0.2) is 60.9 Å². The second-order valence-electron chi connectivity index (χ2n) is 6.85. The van der Waals surface area contributed by atoms with E-state index in [-0.39, 0.29) is 30.8 Å². The molecular weight excluding hydrogens is 449 g/mol. The Kier molecular flexibility index (Phi) is 9.13. The molecule has 0 atom stereocenters. The van der Waals surface area contributed by atoms with Gasteiger partial charge in [0.2, 0.25) is 0 Å². The maximum absolute atomic E-state index is 12.4. The van der Waals surface area contributed by atoms with Crippen molar-refractivity contribution in [1.29, 1.82) is 0 Å². The first-order valence-corrected chi connectivity index (χ1v) is 9.96. The van der Waals surface area contributed by atoms with Crippen LogP contribution in [0.3, 0.4) is 0 Å². The molecule has 1 aromatic carbocycles. The largest absolute Gasteiger partial charge is 0.461 e. The standard InChI is InChI=1S/C23H23N5O2.2ClH/c1-2-30-23(29)22-14-21(27-28(22)11-5-9-24)17-8-10-25-20(13-17)18-12-16-6-3-4-7-19(16)26-15-18;;/h3-4,6-8,10,12-15H,2,5,9,11,24H2,1H3;2*1H. The number of carbonyl (C=O) groups is 1. The SMILES string of the molecule is CCOC(=O)c1cc(-c2ccnc(-c3cnc4ccccc4c3)c2)nn1CCCN.Cl.Cl. The molecule has 7 nitrogen and oxygen atoms in total. The van der Waals surface area contributed by atoms with Gasteiger partial charge in [-0.3, -0.25) is 14.6 Å². The molecule has 32 heavy (non-hydrogen) atoms. The maximum Gasteiger partial charge on any atom is 0.356 e. The summed E-state index contributed by atoms with van der Waals surface area (Å²) >= 11 is 0. The summed E-state index contributed by atoms with van der Waals surface area (Å²) in [6.45, 7) is 3.17. The van der Waals surface area contributed by atoms with Gasteiger partial charge in [0.25, 0.3) is 0 Å². The second kappa shape index (κ2) is 11.6. The van der Waals surface area contributed by atoms with Crippen LogP contribution in [-0.4, -0.2) is 38.9 Å². The highest BCUT2D eigenvalue weighted by atomic mass is 35.5. The van der Waals surface area contributed by atoms with Gasteiger partial charge in [-0.25, -0.2) is 4.79 Å². The van der Waals surface area contributed by atoms with E-state index in [0.717, 1.165) is 34.1 Å². The quantitative estimate of drug-likeness (QED) is 0.396. The topological polar surface area (TPSA) is 95.9 Å². The number of ether oxygens (including phenoxy) is 1. The molecule has 0 amide bonds. The Bertz CT molecular complexity index is 1200. The van der Waals surface area contributed by atoms with E-state index in [1.807, 2.05) is 42.6 Å². The summed E-state index contributed by atoms with van der Waals surface area (Å²) in [5.74, 6) is -0.388. The summed E-state index contributed by atoms with van der Waals surface area (Å²) in [4.78, 5) is 21.4. The van der Waals surface area contributed by atoms with Crippen LogP contribution in [0.4, 0.5) is 0 Å². The molecule has 0 radical (unpaired) electrons. The zero-order valence-electron chi connectivity index (χ0n) is 17.6. The van der Waals surface area contributed by atoms with Crippen LogP contribution >= 0.6 is 24.8 Å². The monoisotopic (exact) mass is 473 g/mol. The first kappa shape index (κ1) is 25.3. The first-order valence-electron chi connectivity index (χ1n) is 9.96. The van der Waals surface area contributed by atoms with Gasteiger partial charge in [-0.1, -0.05) is 18.2 Å². The van der Waals surface area contributed by atoms with Gasteiger partial charge in [0, 0.05) is 35.5 Å². The number of carbonyl (C=O) groups excluding carboxylic acids is 1. The molecule has 0 saturated carbocycles. The summed E-state index contributed by atoms with van der Waals surface area (Å²) in [5.41, 5.74) is 10.3. The van der Waals surface area contributed by atoms with Gasteiger partial charge < -0.3 is 10.5 Å². The number of rotatable bonds is 7. The highest BCUT2D eigenvalue weighted by Gasteiger charge is 2.17. The molecule has 0 spiro atoms. The number of nitrogens with two attached hydrogens (primary N) is 1. The van der Waals surface area contributed by atoms with E-state index >= 15 is 0 Å². The minimum atomic E-state index is -0.388. The van der Waals surface area contributed by atoms with Gasteiger partial charge in [-0.2, -0.15) is 5.10 Å². The fourth-order valence-electron chi connectivity index (χ4n) is 3.30. The minimum Gasteiger partial charge on any atom is -0.461 e. The van der Waals surface area contributed by atoms with Crippen molar-refractivity contribution >= 4 is 41.7 Å². The number of pyridine rings is 2. The third kappa shape index (κ3) is 5.43. The van der Waals surface area contributed by atoms with Crippen LogP contribution in [0.5, 0.6) is 0 Å². The van der Waals surface area contributed by atoms with Gasteiger partial charge in [0.15, 0.2) is 0 Å². The lowest BCUT2D eigenvalue weighted by Gasteiger charge is -2.05. The van der Waals surface area contributed by atoms with E-state index in [0.29, 0.717) is 31.1 Å². The maximum atomic E-state index is 12.4. The molecule has 0 bridgehead atoms. The van der Waals surface area contributed by atoms with Crippen molar-refractivity contribution in [2.24, 2.45) is 5.73 Å². The predicted octanol–water partition coefficient (Wildman–Crippen LogP) is 4.53. The number of nitrogens with zero attached hydrogens (tertiary/aromatic N) is 4. The summed E-state index contributed by atoms with van der Waals surface area (Å²) in [6, 6.07) is 15.6. The van der Waals surface area contributed by atoms with E-state index < -0.39 is 0 Å². The summed E-state index contributed by atoms with van der Waals surface area (Å²) < 4.78 is 6.84. The minimum absolute atomic E-state index is 0. The van der Waals surface area contributed by atoms with Gasteiger partial charge >= 0.3 is 5.97 Å². The molecule has 0 aliphatic rings. The molecule has 0 aliphatic carbocycles. The molecule has 2 N–H and O–H groups in total. The second-order valence-corrected chi connectivity index (χ2v) is 6.85. The molecule has 4 rings (SSSR count). The lowest BCUT2D eigenvalue weighted by atomic mass is 10.1. The molecule has 0 saturated heterocycles. The van der Waals surface area contributed by atoms with E-state index in [1.54, 1.807) is 23.9 Å². The number of aryl methyl sites for hydroxylation is 1. The number of hydrogen-bond acceptors (Lipinski definition) is 6. The summed E-state index contributed by atoms with van der Waals surface area (Å²) in [5, 5.41) is 5.68. The van der Waals surface area contributed by atoms with Crippen molar-refractivity contribution in [2.45, 2.75) is 19.9 Å². The third-order valence-corrected chi connectivity index (χ3v) is 4.78. The van der Waals surface area contributed by atoms with Crippen molar-refractivity contribution in [2.75, 3.05) is 13.2 Å². The number of hydrogen-bond donors (Lipinski definition) is 1. The number of para-hydroxylation sites is 1. The van der Waals surface area contributed by atoms with Crippen LogP contribution < -0.4 is 5.73 Å². The van der Waals surface area contributed by atoms with Crippen LogP contribution in [0.1, 0.15) is 23.8 Å². The zero-order chi connectivity index (χ0) is 20.9. The molecule has 9 heteroatoms. The van der Waals surface area contributed by atoms with E-state index in [9.17, 15) is 4.79 Å². The molecule has 3 heterocycles. The zero-order valence-corrected chi connectivity index (χ0v) is 19.2. The molecule has 4 aromatic rings. The summed E-state index contributed by atoms with van der Waals surface area (Å²) in [7, 11) is 0. The van der Waals surface area contributed by atoms with Gasteiger partial charge in [0.1, 0.15) is 5.69 Å². The van der Waals surface area contributed by atoms with Crippen molar-refractivity contribution in [1.82, 2.24) is 19.7 Å². The van der Waals surface area contributed by atoms with Crippen molar-refractivity contribution < 1.29 is 9.53 Å². The van der Waals surface area contributed by atoms with Crippen LogP contribution in [-0.2, 0) is 11.3 Å². The molecule has 0 aliphatic heterocycles. The van der Waals surface area contributed by atoms with Crippen molar-refractivity contribution in [3.63, 3.8) is 0 Å². The molecule has 0 fully saturated rings. The van der Waals surface area contributed by atoms with E-state index in [4.69, 9.17) is 10.5 Å². The lowest BCUT2D eigenvalue weighted by molar-refractivity contribution is 0.0511. The number of aromatic nitrogens is 4. The summed E-state index contributed by atoms with van der Waals surface area (Å²) in [6.07, 6.45) is 4.28. The number of halogens is 2. The van der Waals surface area contributed by atoms with Crippen LogP contribution in [0.25, 0.3) is 33.4 Å². The Morgan fingerprint density at radius 2 is 1.84 bits per heavy atom. The Morgan fingerprint density at radius 1 is 1.03 bits per heavy atom. The van der Waals surface area contributed by atoms with E-state index in [2.05, 4.69) is 21.1 Å². The Hall–Kier alpha value is -3.00. The normalized spacial score (nSPS) is 10.3. The molecule has 168 valence electrons. The van der Waals surface area contributed by atoms with Crippen molar-refractivity contribution in [3.8, 4) is 22.5 Å². The Balaban J connectivity index is 0.00000181.